The van der Waals surface area contributed by atoms with Crippen LogP contribution in [0.25, 0.3) is 11.5 Å². The van der Waals surface area contributed by atoms with Crippen molar-refractivity contribution in [3.63, 3.8) is 0 Å². The number of hydrogen-bond acceptors (Lipinski definition) is 7. The standard InChI is InChI=1S/C30H34N4O4S/c1-5-34(39(4,36)37)26-18-24(27(35)16-21(2)23-14-10-7-11-15-23)17-25(19-26)28-32-33-29(38-28)30(3,31)20-22-12-8-6-9-13-22/h6-15,17-19,21H,5,16,20,31H2,1-4H3/t21-,30+/m0/s1. The first-order chi connectivity index (χ1) is 18.5. The lowest BCUT2D eigenvalue weighted by molar-refractivity contribution is 0.0975. The Morgan fingerprint density at radius 3 is 2.28 bits per heavy atom. The number of ketones is 1. The molecule has 0 saturated heterocycles. The normalized spacial score (nSPS) is 14.0. The third-order valence-corrected chi connectivity index (χ3v) is 7.92. The molecule has 2 atom stereocenters. The summed E-state index contributed by atoms with van der Waals surface area (Å²) in [6.07, 6.45) is 1.87. The number of carbonyl (C=O) groups is 1. The van der Waals surface area contributed by atoms with Gasteiger partial charge in [-0.2, -0.15) is 0 Å². The third kappa shape index (κ3) is 6.79. The highest BCUT2D eigenvalue weighted by Crippen LogP contribution is 2.31. The Morgan fingerprint density at radius 1 is 1.03 bits per heavy atom. The van der Waals surface area contributed by atoms with E-state index in [-0.39, 0.29) is 36.4 Å². The molecule has 39 heavy (non-hydrogen) atoms. The number of hydrogen-bond donors (Lipinski definition) is 1. The van der Waals surface area contributed by atoms with Crippen molar-refractivity contribution >= 4 is 21.5 Å². The highest BCUT2D eigenvalue weighted by Gasteiger charge is 2.29. The lowest BCUT2D eigenvalue weighted by Gasteiger charge is -2.22. The van der Waals surface area contributed by atoms with Gasteiger partial charge in [0.2, 0.25) is 21.8 Å². The number of sulfonamides is 1. The number of Topliss-reactive ketones (excluding diaryl/α,β-unsaturated/α-hetero) is 1. The highest BCUT2D eigenvalue weighted by molar-refractivity contribution is 7.92. The minimum atomic E-state index is -3.59. The zero-order valence-corrected chi connectivity index (χ0v) is 23.5. The van der Waals surface area contributed by atoms with Crippen molar-refractivity contribution in [3.8, 4) is 11.5 Å². The number of anilines is 1. The van der Waals surface area contributed by atoms with E-state index >= 15 is 0 Å². The van der Waals surface area contributed by atoms with Gasteiger partial charge in [-0.3, -0.25) is 9.10 Å². The average molecular weight is 547 g/mol. The van der Waals surface area contributed by atoms with Crippen LogP contribution in [0.4, 0.5) is 5.69 Å². The van der Waals surface area contributed by atoms with Gasteiger partial charge < -0.3 is 10.2 Å². The van der Waals surface area contributed by atoms with E-state index in [1.54, 1.807) is 25.1 Å². The van der Waals surface area contributed by atoms with Gasteiger partial charge in [0.15, 0.2) is 5.78 Å². The fourth-order valence-corrected chi connectivity index (χ4v) is 5.57. The summed E-state index contributed by atoms with van der Waals surface area (Å²) in [6.45, 7) is 5.74. The van der Waals surface area contributed by atoms with Crippen molar-refractivity contribution in [2.24, 2.45) is 5.73 Å². The first-order valence-corrected chi connectivity index (χ1v) is 14.7. The van der Waals surface area contributed by atoms with Crippen LogP contribution >= 0.6 is 0 Å². The van der Waals surface area contributed by atoms with Gasteiger partial charge in [-0.05, 0) is 55.5 Å². The lowest BCUT2D eigenvalue weighted by atomic mass is 9.92. The molecular weight excluding hydrogens is 512 g/mol. The van der Waals surface area contributed by atoms with Gasteiger partial charge in [0.05, 0.1) is 17.5 Å². The SMILES string of the molecule is CCN(c1cc(C(=O)C[C@H](C)c2ccccc2)cc(-c2nnc([C@](C)(N)Cc3ccccc3)o2)c1)S(C)(=O)=O. The van der Waals surface area contributed by atoms with Gasteiger partial charge in [0.25, 0.3) is 0 Å². The van der Waals surface area contributed by atoms with Gasteiger partial charge >= 0.3 is 0 Å². The van der Waals surface area contributed by atoms with Crippen LogP contribution < -0.4 is 10.0 Å². The zero-order chi connectivity index (χ0) is 28.2. The van der Waals surface area contributed by atoms with Crippen LogP contribution in [0, 0.1) is 0 Å². The molecule has 0 fully saturated rings. The molecule has 0 unspecified atom stereocenters. The molecule has 2 N–H and O–H groups in total. The molecular formula is C30H34N4O4S. The molecule has 8 nitrogen and oxygen atoms in total. The number of carbonyl (C=O) groups excluding carboxylic acids is 1. The Hall–Kier alpha value is -3.82. The summed E-state index contributed by atoms with van der Waals surface area (Å²) in [4.78, 5) is 13.4. The number of nitrogens with two attached hydrogens (primary N) is 1. The van der Waals surface area contributed by atoms with Crippen molar-refractivity contribution in [3.05, 3.63) is 101 Å². The third-order valence-electron chi connectivity index (χ3n) is 6.65. The Kier molecular flexibility index (Phi) is 8.32. The smallest absolute Gasteiger partial charge is 0.247 e. The van der Waals surface area contributed by atoms with Crippen LogP contribution in [0.2, 0.25) is 0 Å². The summed E-state index contributed by atoms with van der Waals surface area (Å²) in [5.74, 6) is 0.263. The quantitative estimate of drug-likeness (QED) is 0.253. The monoisotopic (exact) mass is 546 g/mol. The van der Waals surface area contributed by atoms with E-state index in [1.165, 1.54) is 4.31 Å². The minimum absolute atomic E-state index is 0.0195. The van der Waals surface area contributed by atoms with Crippen LogP contribution in [-0.4, -0.2) is 37.2 Å². The van der Waals surface area contributed by atoms with Crippen molar-refractivity contribution in [1.29, 1.82) is 0 Å². The van der Waals surface area contributed by atoms with E-state index in [4.69, 9.17) is 10.2 Å². The van der Waals surface area contributed by atoms with Crippen LogP contribution in [-0.2, 0) is 22.0 Å². The Labute approximate surface area is 229 Å². The van der Waals surface area contributed by atoms with Crippen LogP contribution in [0.5, 0.6) is 0 Å². The predicted molar refractivity (Wildman–Crippen MR) is 153 cm³/mol. The summed E-state index contributed by atoms with van der Waals surface area (Å²) < 4.78 is 32.3. The van der Waals surface area contributed by atoms with Crippen molar-refractivity contribution in [1.82, 2.24) is 10.2 Å². The molecule has 0 saturated carbocycles. The summed E-state index contributed by atoms with van der Waals surface area (Å²) in [7, 11) is -3.59. The van der Waals surface area contributed by atoms with Crippen LogP contribution in [0.1, 0.15) is 60.5 Å². The highest BCUT2D eigenvalue weighted by atomic mass is 32.2. The van der Waals surface area contributed by atoms with Gasteiger partial charge in [-0.15, -0.1) is 10.2 Å². The maximum absolute atomic E-state index is 13.4. The van der Waals surface area contributed by atoms with Gasteiger partial charge in [-0.1, -0.05) is 67.6 Å². The zero-order valence-electron chi connectivity index (χ0n) is 22.7. The summed E-state index contributed by atoms with van der Waals surface area (Å²) in [5.41, 5.74) is 8.88. The van der Waals surface area contributed by atoms with E-state index in [0.717, 1.165) is 17.4 Å². The van der Waals surface area contributed by atoms with Crippen molar-refractivity contribution < 1.29 is 17.6 Å². The number of benzene rings is 3. The van der Waals surface area contributed by atoms with Gasteiger partial charge in [0.1, 0.15) is 0 Å². The molecule has 0 bridgehead atoms. The second-order valence-corrected chi connectivity index (χ2v) is 12.0. The number of rotatable bonds is 11. The summed E-state index contributed by atoms with van der Waals surface area (Å²) in [6, 6.07) is 24.5. The fraction of sp³-hybridized carbons (Fsp3) is 0.300. The average Bonchev–Trinajstić information content (AvgIpc) is 3.41. The topological polar surface area (TPSA) is 119 Å². The molecule has 4 rings (SSSR count). The second-order valence-electron chi connectivity index (χ2n) is 10.1. The van der Waals surface area contributed by atoms with E-state index in [9.17, 15) is 13.2 Å². The number of aromatic nitrogens is 2. The summed E-state index contributed by atoms with van der Waals surface area (Å²) >= 11 is 0. The Bertz CT molecular complexity index is 1530. The number of nitrogens with zero attached hydrogens (tertiary/aromatic N) is 3. The Balaban J connectivity index is 1.71. The van der Waals surface area contributed by atoms with Crippen LogP contribution in [0.3, 0.4) is 0 Å². The first-order valence-electron chi connectivity index (χ1n) is 12.9. The molecule has 0 amide bonds. The van der Waals surface area contributed by atoms with Crippen LogP contribution in [0.15, 0.2) is 83.3 Å². The van der Waals surface area contributed by atoms with Gasteiger partial charge in [0, 0.05) is 24.1 Å². The largest absolute Gasteiger partial charge is 0.419 e. The minimum Gasteiger partial charge on any atom is -0.419 e. The van der Waals surface area contributed by atoms with Gasteiger partial charge in [-0.25, -0.2) is 8.42 Å². The summed E-state index contributed by atoms with van der Waals surface area (Å²) in [5, 5.41) is 8.42. The van der Waals surface area contributed by atoms with Crippen molar-refractivity contribution in [2.75, 3.05) is 17.1 Å². The lowest BCUT2D eigenvalue weighted by Crippen LogP contribution is -2.35. The predicted octanol–water partition coefficient (Wildman–Crippen LogP) is 5.32. The molecule has 0 spiro atoms. The maximum atomic E-state index is 13.4. The molecule has 0 radical (unpaired) electrons. The molecule has 1 aromatic heterocycles. The first kappa shape index (κ1) is 28.2. The Morgan fingerprint density at radius 2 is 1.67 bits per heavy atom. The van der Waals surface area contributed by atoms with E-state index in [1.807, 2.05) is 74.5 Å². The molecule has 204 valence electrons. The molecule has 0 aliphatic heterocycles. The molecule has 0 aliphatic carbocycles. The van der Waals surface area contributed by atoms with E-state index in [2.05, 4.69) is 10.2 Å². The fourth-order valence-electron chi connectivity index (χ4n) is 4.61. The second kappa shape index (κ2) is 11.5. The van der Waals surface area contributed by atoms with E-state index < -0.39 is 15.6 Å². The molecule has 1 heterocycles. The van der Waals surface area contributed by atoms with Crippen molar-refractivity contribution in [2.45, 2.75) is 45.1 Å². The molecule has 3 aromatic carbocycles. The maximum Gasteiger partial charge on any atom is 0.247 e. The van der Waals surface area contributed by atoms with E-state index in [0.29, 0.717) is 23.2 Å². The molecule has 0 aliphatic rings. The molecule has 4 aromatic rings. The molecule has 9 heteroatoms.